The second-order valence-corrected chi connectivity index (χ2v) is 6.98. The third kappa shape index (κ3) is 5.17. The Labute approximate surface area is 151 Å². The number of hydrogen-bond acceptors (Lipinski definition) is 2. The first-order chi connectivity index (χ1) is 12.2. The normalized spacial score (nSPS) is 17.2. The van der Waals surface area contributed by atoms with Crippen molar-refractivity contribution in [1.82, 2.24) is 10.2 Å². The van der Waals surface area contributed by atoms with Crippen LogP contribution in [-0.2, 0) is 4.79 Å². The molecule has 0 bridgehead atoms. The molecule has 25 heavy (non-hydrogen) atoms. The maximum atomic E-state index is 11.6. The molecule has 3 rings (SSSR count). The number of hydrogen-bond donors (Lipinski definition) is 1. The number of benzene rings is 2. The van der Waals surface area contributed by atoms with Crippen LogP contribution in [0.25, 0.3) is 0 Å². The molecule has 1 aliphatic rings. The van der Waals surface area contributed by atoms with Gasteiger partial charge in [0.2, 0.25) is 5.91 Å². The summed E-state index contributed by atoms with van der Waals surface area (Å²) in [6, 6.07) is 21.3. The Balaban J connectivity index is 1.51. The molecule has 0 aliphatic carbocycles. The van der Waals surface area contributed by atoms with Crippen molar-refractivity contribution < 1.29 is 4.79 Å². The van der Waals surface area contributed by atoms with Crippen molar-refractivity contribution in [1.29, 1.82) is 0 Å². The summed E-state index contributed by atoms with van der Waals surface area (Å²) in [6.07, 6.45) is 3.40. The Morgan fingerprint density at radius 1 is 1.04 bits per heavy atom. The van der Waals surface area contributed by atoms with Crippen molar-refractivity contribution in [2.45, 2.75) is 38.1 Å². The minimum absolute atomic E-state index is 0.0386. The van der Waals surface area contributed by atoms with E-state index in [1.165, 1.54) is 24.0 Å². The predicted molar refractivity (Wildman–Crippen MR) is 102 cm³/mol. The van der Waals surface area contributed by atoms with E-state index < -0.39 is 0 Å². The minimum Gasteiger partial charge on any atom is -0.349 e. The van der Waals surface area contributed by atoms with E-state index in [-0.39, 0.29) is 11.9 Å². The lowest BCUT2D eigenvalue weighted by Gasteiger charge is -2.33. The summed E-state index contributed by atoms with van der Waals surface area (Å²) >= 11 is 0. The molecular weight excluding hydrogens is 308 g/mol. The Morgan fingerprint density at radius 3 is 2.24 bits per heavy atom. The quantitative estimate of drug-likeness (QED) is 0.860. The van der Waals surface area contributed by atoms with Gasteiger partial charge < -0.3 is 10.2 Å². The third-order valence-electron chi connectivity index (χ3n) is 5.17. The summed E-state index contributed by atoms with van der Waals surface area (Å²) in [6.45, 7) is 4.91. The van der Waals surface area contributed by atoms with E-state index in [0.717, 1.165) is 26.1 Å². The van der Waals surface area contributed by atoms with E-state index in [9.17, 15) is 4.79 Å². The Kier molecular flexibility index (Phi) is 6.24. The van der Waals surface area contributed by atoms with Crippen molar-refractivity contribution in [3.63, 3.8) is 0 Å². The fourth-order valence-electron chi connectivity index (χ4n) is 3.78. The van der Waals surface area contributed by atoms with Crippen molar-refractivity contribution in [2.24, 2.45) is 0 Å². The molecule has 2 aromatic carbocycles. The molecule has 3 nitrogen and oxygen atoms in total. The van der Waals surface area contributed by atoms with Crippen molar-refractivity contribution in [3.8, 4) is 0 Å². The Morgan fingerprint density at radius 2 is 1.64 bits per heavy atom. The first kappa shape index (κ1) is 17.7. The summed E-state index contributed by atoms with van der Waals surface area (Å²) in [5.41, 5.74) is 2.67. The summed E-state index contributed by atoms with van der Waals surface area (Å²) in [5, 5.41) is 3.10. The zero-order valence-electron chi connectivity index (χ0n) is 15.0. The molecule has 1 N–H and O–H groups in total. The van der Waals surface area contributed by atoms with Gasteiger partial charge in [0, 0.05) is 13.5 Å². The Hall–Kier alpha value is -2.13. The lowest BCUT2D eigenvalue weighted by molar-refractivity contribution is -0.119. The van der Waals surface area contributed by atoms with E-state index in [4.69, 9.17) is 0 Å². The van der Waals surface area contributed by atoms with Crippen LogP contribution in [0, 0.1) is 0 Å². The van der Waals surface area contributed by atoms with Gasteiger partial charge in [0.1, 0.15) is 0 Å². The number of carbonyl (C=O) groups is 1. The first-order valence-corrected chi connectivity index (χ1v) is 9.31. The third-order valence-corrected chi connectivity index (χ3v) is 5.17. The smallest absolute Gasteiger partial charge is 0.217 e. The van der Waals surface area contributed by atoms with Crippen LogP contribution < -0.4 is 5.32 Å². The van der Waals surface area contributed by atoms with Crippen molar-refractivity contribution in [2.75, 3.05) is 19.6 Å². The number of amides is 1. The SMILES string of the molecule is CC(=O)N[C@@H](CCN1CCC(c2ccccc2)CC1)c1ccccc1. The van der Waals surface area contributed by atoms with Gasteiger partial charge in [-0.15, -0.1) is 0 Å². The van der Waals surface area contributed by atoms with Gasteiger partial charge >= 0.3 is 0 Å². The molecule has 132 valence electrons. The molecule has 0 aromatic heterocycles. The van der Waals surface area contributed by atoms with Gasteiger partial charge in [0.05, 0.1) is 6.04 Å². The molecule has 1 atom stereocenters. The van der Waals surface area contributed by atoms with Gasteiger partial charge in [-0.3, -0.25) is 4.79 Å². The number of piperidine rings is 1. The van der Waals surface area contributed by atoms with Crippen LogP contribution in [0.5, 0.6) is 0 Å². The topological polar surface area (TPSA) is 32.3 Å². The fraction of sp³-hybridized carbons (Fsp3) is 0.409. The van der Waals surface area contributed by atoms with Crippen molar-refractivity contribution in [3.05, 3.63) is 71.8 Å². The highest BCUT2D eigenvalue weighted by molar-refractivity contribution is 5.73. The largest absolute Gasteiger partial charge is 0.349 e. The standard InChI is InChI=1S/C22H28N2O/c1-18(25)23-22(21-10-6-3-7-11-21)14-17-24-15-12-20(13-16-24)19-8-4-2-5-9-19/h2-11,20,22H,12-17H2,1H3,(H,23,25)/t22-/m0/s1. The molecule has 1 heterocycles. The van der Waals surface area contributed by atoms with Gasteiger partial charge in [-0.1, -0.05) is 60.7 Å². The predicted octanol–water partition coefficient (Wildman–Crippen LogP) is 4.13. The second-order valence-electron chi connectivity index (χ2n) is 6.98. The molecule has 1 amide bonds. The van der Waals surface area contributed by atoms with Crippen LogP contribution in [0.4, 0.5) is 0 Å². The van der Waals surface area contributed by atoms with Gasteiger partial charge in [0.25, 0.3) is 0 Å². The summed E-state index contributed by atoms with van der Waals surface area (Å²) in [7, 11) is 0. The average molecular weight is 336 g/mol. The monoisotopic (exact) mass is 336 g/mol. The summed E-state index contributed by atoms with van der Waals surface area (Å²) < 4.78 is 0. The molecule has 1 fully saturated rings. The summed E-state index contributed by atoms with van der Waals surface area (Å²) in [4.78, 5) is 14.1. The lowest BCUT2D eigenvalue weighted by Crippen LogP contribution is -2.36. The zero-order valence-corrected chi connectivity index (χ0v) is 15.0. The fourth-order valence-corrected chi connectivity index (χ4v) is 3.78. The maximum absolute atomic E-state index is 11.6. The van der Waals surface area contributed by atoms with Crippen LogP contribution >= 0.6 is 0 Å². The minimum atomic E-state index is 0.0386. The van der Waals surface area contributed by atoms with Crippen LogP contribution in [0.2, 0.25) is 0 Å². The van der Waals surface area contributed by atoms with Crippen LogP contribution in [-0.4, -0.2) is 30.4 Å². The van der Waals surface area contributed by atoms with Crippen LogP contribution in [0.1, 0.15) is 49.3 Å². The molecule has 0 saturated carbocycles. The number of rotatable bonds is 6. The van der Waals surface area contributed by atoms with Crippen molar-refractivity contribution >= 4 is 5.91 Å². The lowest BCUT2D eigenvalue weighted by atomic mass is 9.89. The first-order valence-electron chi connectivity index (χ1n) is 9.31. The van der Waals surface area contributed by atoms with E-state index >= 15 is 0 Å². The maximum Gasteiger partial charge on any atom is 0.217 e. The molecule has 1 saturated heterocycles. The molecule has 0 radical (unpaired) electrons. The van der Waals surface area contributed by atoms with Gasteiger partial charge in [-0.05, 0) is 49.4 Å². The number of likely N-dealkylation sites (tertiary alicyclic amines) is 1. The van der Waals surface area contributed by atoms with E-state index in [0.29, 0.717) is 5.92 Å². The van der Waals surface area contributed by atoms with Gasteiger partial charge in [0.15, 0.2) is 0 Å². The molecule has 1 aliphatic heterocycles. The number of nitrogens with zero attached hydrogens (tertiary/aromatic N) is 1. The van der Waals surface area contributed by atoms with Gasteiger partial charge in [-0.2, -0.15) is 0 Å². The zero-order chi connectivity index (χ0) is 17.5. The Bertz CT molecular complexity index is 648. The van der Waals surface area contributed by atoms with Gasteiger partial charge in [-0.25, -0.2) is 0 Å². The molecular formula is C22H28N2O. The van der Waals surface area contributed by atoms with Crippen LogP contribution in [0.15, 0.2) is 60.7 Å². The molecule has 0 unspecified atom stereocenters. The second kappa shape index (κ2) is 8.82. The van der Waals surface area contributed by atoms with E-state index in [1.807, 2.05) is 18.2 Å². The van der Waals surface area contributed by atoms with E-state index in [1.54, 1.807) is 6.92 Å². The highest BCUT2D eigenvalue weighted by Crippen LogP contribution is 2.28. The highest BCUT2D eigenvalue weighted by atomic mass is 16.1. The molecule has 3 heteroatoms. The summed E-state index contributed by atoms with van der Waals surface area (Å²) in [5.74, 6) is 0.731. The number of carbonyl (C=O) groups excluding carboxylic acids is 1. The molecule has 2 aromatic rings. The average Bonchev–Trinajstić information content (AvgIpc) is 2.67. The molecule has 0 spiro atoms. The van der Waals surface area contributed by atoms with E-state index in [2.05, 4.69) is 52.7 Å². The highest BCUT2D eigenvalue weighted by Gasteiger charge is 2.21. The van der Waals surface area contributed by atoms with Crippen LogP contribution in [0.3, 0.4) is 0 Å². The number of nitrogens with one attached hydrogen (secondary N) is 1.